The summed E-state index contributed by atoms with van der Waals surface area (Å²) in [4.78, 5) is 7.88. The van der Waals surface area contributed by atoms with Crippen molar-refractivity contribution in [2.24, 2.45) is 0 Å². The van der Waals surface area contributed by atoms with Crippen molar-refractivity contribution in [1.82, 2.24) is 7.35 Å². The molecule has 0 unspecified atom stereocenters. The molecule has 0 aliphatic rings. The van der Waals surface area contributed by atoms with Gasteiger partial charge in [0.25, 0.3) is 0 Å². The first-order chi connectivity index (χ1) is 11.1. The zero-order valence-corrected chi connectivity index (χ0v) is 24.7. The van der Waals surface area contributed by atoms with E-state index >= 15 is 0 Å². The summed E-state index contributed by atoms with van der Waals surface area (Å²) in [6, 6.07) is 0. The fraction of sp³-hybridized carbons (Fsp3) is 0.895. The van der Waals surface area contributed by atoms with Crippen LogP contribution in [0.1, 0.15) is 27.2 Å². The van der Waals surface area contributed by atoms with Gasteiger partial charge in [0, 0.05) is 0 Å². The van der Waals surface area contributed by atoms with Crippen LogP contribution in [-0.2, 0) is 0 Å². The number of likely N-dealkylation sites (N-methyl/N-ethyl adjacent to an activating group) is 1. The summed E-state index contributed by atoms with van der Waals surface area (Å²) < 4.78 is 5.12. The van der Waals surface area contributed by atoms with Crippen LogP contribution in [0.5, 0.6) is 0 Å². The van der Waals surface area contributed by atoms with E-state index in [2.05, 4.69) is 91.4 Å². The van der Waals surface area contributed by atoms with E-state index in [1.807, 2.05) is 9.06 Å². The fourth-order valence-corrected chi connectivity index (χ4v) is 53.4. The van der Waals surface area contributed by atoms with Gasteiger partial charge in [0.1, 0.15) is 0 Å². The van der Waals surface area contributed by atoms with Crippen molar-refractivity contribution < 1.29 is 0 Å². The standard InChI is InChI=1S/C11H23BN.C6H18NSi2.2CH3.Sn/c1-6-11(9-10-13(4)5)12(7-2)8-3;1-8(2,3)7-9(4,5)6;;;/h6-8,10H2,1-5H3;1-6H3;2*1H3;/q;-1;;;+1. The Morgan fingerprint density at radius 2 is 1.24 bits per heavy atom. The molecule has 0 aliphatic heterocycles. The maximum absolute atomic E-state index is 3.21. The van der Waals surface area contributed by atoms with Crippen LogP contribution in [0.15, 0.2) is 9.06 Å². The average Bonchev–Trinajstić information content (AvgIpc) is 2.38. The molecule has 0 aromatic heterocycles. The predicted molar refractivity (Wildman–Crippen MR) is 129 cm³/mol. The van der Waals surface area contributed by atoms with E-state index in [1.54, 1.807) is 0 Å². The van der Waals surface area contributed by atoms with Crippen LogP contribution in [0.2, 0.25) is 61.8 Å². The van der Waals surface area contributed by atoms with Gasteiger partial charge in [-0.05, 0) is 0 Å². The first-order valence-corrected chi connectivity index (χ1v) is 25.6. The van der Waals surface area contributed by atoms with Gasteiger partial charge < -0.3 is 0 Å². The summed E-state index contributed by atoms with van der Waals surface area (Å²) in [5.74, 6) is 0. The molecule has 0 rings (SSSR count). The number of allylic oxidation sites excluding steroid dienone is 1. The quantitative estimate of drug-likeness (QED) is 0.345. The molecule has 0 amide bonds. The molecule has 0 saturated heterocycles. The zero-order chi connectivity index (χ0) is 20.2. The Morgan fingerprint density at radius 3 is 1.48 bits per heavy atom. The van der Waals surface area contributed by atoms with Gasteiger partial charge in [-0.1, -0.05) is 0 Å². The third-order valence-electron chi connectivity index (χ3n) is 5.36. The van der Waals surface area contributed by atoms with Crippen LogP contribution in [0, 0.1) is 0 Å². The molecule has 0 spiro atoms. The second-order valence-electron chi connectivity index (χ2n) is 10.3. The Balaban J connectivity index is 6.59. The van der Waals surface area contributed by atoms with Gasteiger partial charge in [-0.3, -0.25) is 0 Å². The number of hydrogen-bond donors (Lipinski definition) is 0. The summed E-state index contributed by atoms with van der Waals surface area (Å²) in [7, 11) is 1.82. The van der Waals surface area contributed by atoms with Crippen molar-refractivity contribution >= 4 is 41.8 Å². The Labute approximate surface area is 167 Å². The second kappa shape index (κ2) is 9.94. The Morgan fingerprint density at radius 1 is 0.840 bits per heavy atom. The third kappa shape index (κ3) is 7.13. The zero-order valence-electron chi connectivity index (χ0n) is 19.8. The average molecular weight is 489 g/mol. The van der Waals surface area contributed by atoms with E-state index in [0.717, 1.165) is 6.71 Å². The molecule has 25 heavy (non-hydrogen) atoms. The van der Waals surface area contributed by atoms with Crippen molar-refractivity contribution in [2.45, 2.75) is 89.0 Å². The van der Waals surface area contributed by atoms with Crippen LogP contribution in [0.4, 0.5) is 0 Å². The SMILES string of the molecule is CCB(CC)/C(CC)=[C](/CN(C)C)[Sn]([CH3])([CH3])[N]([Si](C)(C)C)[Si](C)(C)C. The Bertz CT molecular complexity index is 433. The minimum absolute atomic E-state index is 0.779. The molecule has 0 saturated carbocycles. The van der Waals surface area contributed by atoms with Gasteiger partial charge in [0.15, 0.2) is 0 Å². The first kappa shape index (κ1) is 26.0. The summed E-state index contributed by atoms with van der Waals surface area (Å²) in [5.41, 5.74) is 1.82. The maximum atomic E-state index is 3.21. The minimum atomic E-state index is -2.61. The van der Waals surface area contributed by atoms with E-state index in [4.69, 9.17) is 0 Å². The van der Waals surface area contributed by atoms with Gasteiger partial charge in [0.2, 0.25) is 0 Å². The summed E-state index contributed by atoms with van der Waals surface area (Å²) in [6.07, 6.45) is 3.82. The topological polar surface area (TPSA) is 6.48 Å². The predicted octanol–water partition coefficient (Wildman–Crippen LogP) is 6.04. The molecule has 0 aromatic carbocycles. The normalized spacial score (nSPS) is 15.0. The molecule has 0 radical (unpaired) electrons. The molecule has 6 heteroatoms. The first-order valence-electron chi connectivity index (χ1n) is 10.3. The van der Waals surface area contributed by atoms with Crippen LogP contribution >= 0.6 is 0 Å². The van der Waals surface area contributed by atoms with Crippen molar-refractivity contribution in [3.05, 3.63) is 9.06 Å². The number of hydrogen-bond acceptors (Lipinski definition) is 2. The molecule has 0 fully saturated rings. The van der Waals surface area contributed by atoms with E-state index in [1.165, 1.54) is 25.6 Å². The van der Waals surface area contributed by atoms with E-state index in [-0.39, 0.29) is 0 Å². The van der Waals surface area contributed by atoms with Crippen LogP contribution < -0.4 is 0 Å². The number of rotatable bonds is 10. The van der Waals surface area contributed by atoms with Gasteiger partial charge in [-0.15, -0.1) is 0 Å². The molecule has 0 aromatic rings. The molecule has 2 nitrogen and oxygen atoms in total. The third-order valence-corrected chi connectivity index (χ3v) is 39.8. The van der Waals surface area contributed by atoms with E-state index in [0.29, 0.717) is 0 Å². The molecule has 0 heterocycles. The van der Waals surface area contributed by atoms with Gasteiger partial charge >= 0.3 is 168 Å². The Hall–Kier alpha value is 0.957. The Kier molecular flexibility index (Phi) is 10.3. The van der Waals surface area contributed by atoms with E-state index < -0.39 is 35.1 Å². The fourth-order valence-electron chi connectivity index (χ4n) is 5.35. The molecule has 0 atom stereocenters. The van der Waals surface area contributed by atoms with Gasteiger partial charge in [0.05, 0.1) is 0 Å². The molecule has 0 aliphatic carbocycles. The summed E-state index contributed by atoms with van der Waals surface area (Å²) in [5, 5.41) is 0. The number of nitrogens with zero attached hydrogens (tertiary/aromatic N) is 2. The molecule has 148 valence electrons. The summed E-state index contributed by atoms with van der Waals surface area (Å²) in [6.45, 7) is 24.6. The molecule has 0 N–H and O–H groups in total. The van der Waals surface area contributed by atoms with Crippen molar-refractivity contribution in [2.75, 3.05) is 20.6 Å². The van der Waals surface area contributed by atoms with Crippen LogP contribution in [0.25, 0.3) is 0 Å². The van der Waals surface area contributed by atoms with Crippen molar-refractivity contribution in [3.63, 3.8) is 0 Å². The molecular formula is C19H47BN2Si2Sn. The monoisotopic (exact) mass is 490 g/mol. The van der Waals surface area contributed by atoms with Crippen molar-refractivity contribution in [3.8, 4) is 0 Å². The van der Waals surface area contributed by atoms with Crippen LogP contribution in [-0.4, -0.2) is 69.8 Å². The van der Waals surface area contributed by atoms with Crippen molar-refractivity contribution in [1.29, 1.82) is 0 Å². The molecule has 0 bridgehead atoms. The van der Waals surface area contributed by atoms with Crippen LogP contribution in [0.3, 0.4) is 0 Å². The molecular weight excluding hydrogens is 442 g/mol. The second-order valence-corrected chi connectivity index (χ2v) is 34.8. The summed E-state index contributed by atoms with van der Waals surface area (Å²) >= 11 is -2.61. The van der Waals surface area contributed by atoms with Gasteiger partial charge in [-0.2, -0.15) is 0 Å². The van der Waals surface area contributed by atoms with E-state index in [9.17, 15) is 0 Å². The van der Waals surface area contributed by atoms with Gasteiger partial charge in [-0.25, -0.2) is 0 Å².